The van der Waals surface area contributed by atoms with Crippen LogP contribution < -0.4 is 10.6 Å². The summed E-state index contributed by atoms with van der Waals surface area (Å²) in [6.07, 6.45) is 4.51. The number of hydrogen-bond donors (Lipinski definition) is 2. The monoisotopic (exact) mass is 434 g/mol. The van der Waals surface area contributed by atoms with Gasteiger partial charge in [-0.3, -0.25) is 19.6 Å². The summed E-state index contributed by atoms with van der Waals surface area (Å²) in [5, 5.41) is 5.89. The molecule has 0 saturated heterocycles. The van der Waals surface area contributed by atoms with Crippen molar-refractivity contribution >= 4 is 34.6 Å². The van der Waals surface area contributed by atoms with Crippen molar-refractivity contribution in [3.05, 3.63) is 60.7 Å². The molecule has 0 bridgehead atoms. The maximum absolute atomic E-state index is 12.0. The molecule has 0 aliphatic rings. The lowest BCUT2D eigenvalue weighted by Gasteiger charge is -2.07. The zero-order chi connectivity index (χ0) is 23.0. The Morgan fingerprint density at radius 1 is 0.625 bits per heavy atom. The third-order valence-corrected chi connectivity index (χ3v) is 4.73. The highest BCUT2D eigenvalue weighted by molar-refractivity contribution is 6.01. The van der Waals surface area contributed by atoms with Crippen LogP contribution in [0, 0.1) is 0 Å². The molecule has 2 aromatic rings. The third kappa shape index (κ3) is 11.2. The second kappa shape index (κ2) is 14.7. The molecular weight excluding hydrogens is 400 g/mol. The number of nitrogens with zero attached hydrogens (tertiary/aromatic N) is 2. The van der Waals surface area contributed by atoms with E-state index in [0.717, 1.165) is 48.5 Å². The van der Waals surface area contributed by atoms with Crippen LogP contribution in [-0.2, 0) is 9.59 Å². The summed E-state index contributed by atoms with van der Waals surface area (Å²) in [6.45, 7) is 5.07. The predicted molar refractivity (Wildman–Crippen MR) is 132 cm³/mol. The summed E-state index contributed by atoms with van der Waals surface area (Å²) in [6, 6.07) is 19.3. The van der Waals surface area contributed by atoms with E-state index < -0.39 is 0 Å². The van der Waals surface area contributed by atoms with E-state index >= 15 is 0 Å². The molecule has 6 heteroatoms. The number of rotatable bonds is 13. The van der Waals surface area contributed by atoms with E-state index in [1.165, 1.54) is 0 Å². The molecule has 2 amide bonds. The molecule has 170 valence electrons. The fraction of sp³-hybridized carbons (Fsp3) is 0.385. The minimum Gasteiger partial charge on any atom is -0.356 e. The van der Waals surface area contributed by atoms with E-state index in [0.29, 0.717) is 25.9 Å². The molecule has 0 spiro atoms. The Morgan fingerprint density at radius 3 is 1.38 bits per heavy atom. The van der Waals surface area contributed by atoms with Crippen molar-refractivity contribution in [2.24, 2.45) is 9.98 Å². The van der Waals surface area contributed by atoms with Crippen molar-refractivity contribution in [2.75, 3.05) is 13.1 Å². The fourth-order valence-corrected chi connectivity index (χ4v) is 3.17. The van der Waals surface area contributed by atoms with Crippen molar-refractivity contribution in [3.8, 4) is 0 Å². The van der Waals surface area contributed by atoms with Crippen molar-refractivity contribution in [1.29, 1.82) is 0 Å². The van der Waals surface area contributed by atoms with Gasteiger partial charge in [0.05, 0.1) is 24.2 Å². The highest BCUT2D eigenvalue weighted by Crippen LogP contribution is 2.11. The van der Waals surface area contributed by atoms with Gasteiger partial charge in [-0.2, -0.15) is 0 Å². The molecule has 2 aromatic carbocycles. The number of amides is 2. The lowest BCUT2D eigenvalue weighted by atomic mass is 10.2. The molecule has 0 radical (unpaired) electrons. The number of hydrogen-bond acceptors (Lipinski definition) is 4. The molecule has 0 fully saturated rings. The van der Waals surface area contributed by atoms with Crippen LogP contribution in [0.1, 0.15) is 52.4 Å². The van der Waals surface area contributed by atoms with Gasteiger partial charge in [0.2, 0.25) is 11.8 Å². The van der Waals surface area contributed by atoms with Crippen LogP contribution in [0.4, 0.5) is 11.4 Å². The summed E-state index contributed by atoms with van der Waals surface area (Å²) >= 11 is 0. The van der Waals surface area contributed by atoms with E-state index in [9.17, 15) is 9.59 Å². The lowest BCUT2D eigenvalue weighted by Crippen LogP contribution is -2.26. The van der Waals surface area contributed by atoms with Crippen LogP contribution in [-0.4, -0.2) is 36.3 Å². The average molecular weight is 435 g/mol. The van der Waals surface area contributed by atoms with Gasteiger partial charge in [-0.15, -0.1) is 0 Å². The molecule has 2 rings (SSSR count). The first-order chi connectivity index (χ1) is 15.5. The molecule has 2 N–H and O–H groups in total. The second-order valence-electron chi connectivity index (χ2n) is 7.83. The van der Waals surface area contributed by atoms with Gasteiger partial charge < -0.3 is 10.6 Å². The van der Waals surface area contributed by atoms with E-state index in [1.54, 1.807) is 0 Å². The Balaban J connectivity index is 1.49. The normalized spacial score (nSPS) is 11.8. The van der Waals surface area contributed by atoms with Gasteiger partial charge in [0.15, 0.2) is 0 Å². The Morgan fingerprint density at radius 2 is 1.00 bits per heavy atom. The predicted octanol–water partition coefficient (Wildman–Crippen LogP) is 5.14. The second-order valence-corrected chi connectivity index (χ2v) is 7.83. The molecule has 0 aromatic heterocycles. The Kier molecular flexibility index (Phi) is 11.5. The summed E-state index contributed by atoms with van der Waals surface area (Å²) in [4.78, 5) is 32.9. The Bertz CT molecular complexity index is 817. The van der Waals surface area contributed by atoms with Crippen molar-refractivity contribution < 1.29 is 9.59 Å². The molecule has 0 heterocycles. The van der Waals surface area contributed by atoms with Crippen LogP contribution in [0.25, 0.3) is 0 Å². The number of benzene rings is 2. The van der Waals surface area contributed by atoms with E-state index in [4.69, 9.17) is 0 Å². The fourth-order valence-electron chi connectivity index (χ4n) is 3.17. The maximum Gasteiger partial charge on any atom is 0.225 e. The number of carbonyl (C=O) groups is 2. The zero-order valence-electron chi connectivity index (χ0n) is 19.1. The Hall–Kier alpha value is -3.28. The minimum atomic E-state index is 0.00183. The number of aliphatic imine (C=N–C) groups is 2. The highest BCUT2D eigenvalue weighted by Gasteiger charge is 2.05. The van der Waals surface area contributed by atoms with Crippen molar-refractivity contribution in [2.45, 2.75) is 52.4 Å². The molecule has 0 aliphatic heterocycles. The van der Waals surface area contributed by atoms with Crippen molar-refractivity contribution in [1.82, 2.24) is 10.6 Å². The van der Waals surface area contributed by atoms with Gasteiger partial charge in [-0.05, 0) is 51.0 Å². The molecule has 0 unspecified atom stereocenters. The molecular formula is C26H34N4O2. The average Bonchev–Trinajstić information content (AvgIpc) is 2.76. The molecule has 32 heavy (non-hydrogen) atoms. The number of nitrogens with one attached hydrogen (secondary N) is 2. The smallest absolute Gasteiger partial charge is 0.225 e. The van der Waals surface area contributed by atoms with Gasteiger partial charge in [-0.1, -0.05) is 49.2 Å². The van der Waals surface area contributed by atoms with Gasteiger partial charge in [0, 0.05) is 24.5 Å². The number of para-hydroxylation sites is 2. The van der Waals surface area contributed by atoms with E-state index in [-0.39, 0.29) is 11.8 Å². The van der Waals surface area contributed by atoms with Crippen LogP contribution in [0.3, 0.4) is 0 Å². The summed E-state index contributed by atoms with van der Waals surface area (Å²) < 4.78 is 0. The van der Waals surface area contributed by atoms with Crippen LogP contribution in [0.5, 0.6) is 0 Å². The highest BCUT2D eigenvalue weighted by atomic mass is 16.2. The van der Waals surface area contributed by atoms with Crippen LogP contribution in [0.15, 0.2) is 70.6 Å². The zero-order valence-corrected chi connectivity index (χ0v) is 19.1. The van der Waals surface area contributed by atoms with Crippen LogP contribution in [0.2, 0.25) is 0 Å². The van der Waals surface area contributed by atoms with E-state index in [1.807, 2.05) is 74.5 Å². The SMILES string of the molecule is CC(CC(=O)NCCCCCCNC(=O)CC(C)=Nc1ccccc1)=Nc1ccccc1. The van der Waals surface area contributed by atoms with Gasteiger partial charge in [0.25, 0.3) is 0 Å². The van der Waals surface area contributed by atoms with E-state index in [2.05, 4.69) is 20.6 Å². The van der Waals surface area contributed by atoms with Gasteiger partial charge >= 0.3 is 0 Å². The molecule has 0 atom stereocenters. The number of carbonyl (C=O) groups excluding carboxylic acids is 2. The molecule has 6 nitrogen and oxygen atoms in total. The maximum atomic E-state index is 12.0. The van der Waals surface area contributed by atoms with Gasteiger partial charge in [0.1, 0.15) is 0 Å². The first-order valence-corrected chi connectivity index (χ1v) is 11.2. The Labute approximate surface area is 191 Å². The first-order valence-electron chi connectivity index (χ1n) is 11.2. The minimum absolute atomic E-state index is 0.00183. The van der Waals surface area contributed by atoms with Crippen molar-refractivity contribution in [3.63, 3.8) is 0 Å². The summed E-state index contributed by atoms with van der Waals surface area (Å²) in [7, 11) is 0. The first kappa shape index (κ1) is 25.0. The third-order valence-electron chi connectivity index (χ3n) is 4.73. The van der Waals surface area contributed by atoms with Crippen LogP contribution >= 0.6 is 0 Å². The van der Waals surface area contributed by atoms with Gasteiger partial charge in [-0.25, -0.2) is 0 Å². The standard InChI is InChI=1S/C26H34N4O2/c1-21(29-23-13-7-5-8-14-23)19-25(31)27-17-11-3-4-12-18-28-26(32)20-22(2)30-24-15-9-6-10-16-24/h5-10,13-16H,3-4,11-12,17-20H2,1-2H3,(H,27,31)(H,28,32). The lowest BCUT2D eigenvalue weighted by molar-refractivity contribution is -0.120. The molecule has 0 saturated carbocycles. The summed E-state index contributed by atoms with van der Waals surface area (Å²) in [5.41, 5.74) is 3.33. The topological polar surface area (TPSA) is 82.9 Å². The largest absolute Gasteiger partial charge is 0.356 e. The number of unbranched alkanes of at least 4 members (excludes halogenated alkanes) is 3. The quantitative estimate of drug-likeness (QED) is 0.338. The summed E-state index contributed by atoms with van der Waals surface area (Å²) in [5.74, 6) is 0.00367. The molecule has 0 aliphatic carbocycles.